The Morgan fingerprint density at radius 1 is 1.33 bits per heavy atom. The van der Waals surface area contributed by atoms with Gasteiger partial charge in [-0.1, -0.05) is 19.9 Å². The summed E-state index contributed by atoms with van der Waals surface area (Å²) in [5.74, 6) is 0.0970. The predicted octanol–water partition coefficient (Wildman–Crippen LogP) is 3.00. The van der Waals surface area contributed by atoms with E-state index in [1.807, 2.05) is 0 Å². The van der Waals surface area contributed by atoms with Crippen molar-refractivity contribution >= 4 is 10.1 Å². The number of hydrogen-bond donors (Lipinski definition) is 0. The third-order valence-corrected chi connectivity index (χ3v) is 5.49. The summed E-state index contributed by atoms with van der Waals surface area (Å²) >= 11 is 0. The number of alkyl halides is 3. The quantitative estimate of drug-likeness (QED) is 0.621. The standard InChI is InChI=1S/C13H14F3NO3S/c1-12(2)8-5-3-7-4-6-9(17-11(7)10(8)12)20-21(18,19)13(14,15)16/h4,6,8,10H,3,5H2,1-2H3/t8-,10-/m0/s1. The molecule has 0 amide bonds. The van der Waals surface area contributed by atoms with Crippen LogP contribution in [0.2, 0.25) is 0 Å². The summed E-state index contributed by atoms with van der Waals surface area (Å²) in [6.07, 6.45) is 1.83. The van der Waals surface area contributed by atoms with E-state index >= 15 is 0 Å². The number of hydrogen-bond acceptors (Lipinski definition) is 4. The van der Waals surface area contributed by atoms with Crippen molar-refractivity contribution in [2.45, 2.75) is 38.1 Å². The average Bonchev–Trinajstić information content (AvgIpc) is 2.90. The van der Waals surface area contributed by atoms with Crippen LogP contribution in [0.3, 0.4) is 0 Å². The maximum atomic E-state index is 12.3. The molecule has 1 fully saturated rings. The summed E-state index contributed by atoms with van der Waals surface area (Å²) in [6, 6.07) is 2.78. The number of aromatic nitrogens is 1. The van der Waals surface area contributed by atoms with Crippen molar-refractivity contribution in [3.05, 3.63) is 23.4 Å². The Morgan fingerprint density at radius 3 is 2.62 bits per heavy atom. The molecule has 0 aliphatic heterocycles. The highest BCUT2D eigenvalue weighted by atomic mass is 32.2. The monoisotopic (exact) mass is 321 g/mol. The van der Waals surface area contributed by atoms with Crippen molar-refractivity contribution in [2.24, 2.45) is 11.3 Å². The first-order valence-electron chi connectivity index (χ1n) is 6.54. The highest BCUT2D eigenvalue weighted by Gasteiger charge is 2.60. The van der Waals surface area contributed by atoms with Crippen LogP contribution in [0, 0.1) is 11.3 Å². The molecule has 0 N–H and O–H groups in total. The summed E-state index contributed by atoms with van der Waals surface area (Å²) in [5.41, 5.74) is -3.77. The molecule has 2 atom stereocenters. The van der Waals surface area contributed by atoms with E-state index in [-0.39, 0.29) is 11.3 Å². The smallest absolute Gasteiger partial charge is 0.355 e. The van der Waals surface area contributed by atoms with E-state index < -0.39 is 21.5 Å². The first-order chi connectivity index (χ1) is 9.54. The van der Waals surface area contributed by atoms with Crippen LogP contribution in [0.5, 0.6) is 5.88 Å². The lowest BCUT2D eigenvalue weighted by atomic mass is 9.96. The second kappa shape index (κ2) is 4.12. The Morgan fingerprint density at radius 2 is 2.00 bits per heavy atom. The lowest BCUT2D eigenvalue weighted by Crippen LogP contribution is -2.28. The van der Waals surface area contributed by atoms with Gasteiger partial charge in [-0.15, -0.1) is 0 Å². The predicted molar refractivity (Wildman–Crippen MR) is 68.2 cm³/mol. The molecule has 116 valence electrons. The van der Waals surface area contributed by atoms with Gasteiger partial charge in [-0.25, -0.2) is 4.98 Å². The molecular weight excluding hydrogens is 307 g/mol. The van der Waals surface area contributed by atoms with Gasteiger partial charge < -0.3 is 4.18 Å². The third kappa shape index (κ3) is 2.20. The van der Waals surface area contributed by atoms with Gasteiger partial charge in [0.2, 0.25) is 5.88 Å². The highest BCUT2D eigenvalue weighted by molar-refractivity contribution is 7.87. The molecule has 2 aliphatic rings. The molecule has 0 saturated heterocycles. The van der Waals surface area contributed by atoms with E-state index in [1.54, 1.807) is 6.07 Å². The Kier molecular flexibility index (Phi) is 2.87. The fraction of sp³-hybridized carbons (Fsp3) is 0.615. The highest BCUT2D eigenvalue weighted by Crippen LogP contribution is 2.68. The lowest BCUT2D eigenvalue weighted by molar-refractivity contribution is -0.0501. The number of fused-ring (bicyclic) bond motifs is 3. The normalized spacial score (nSPS) is 26.7. The number of nitrogens with zero attached hydrogens (tertiary/aromatic N) is 1. The van der Waals surface area contributed by atoms with E-state index in [0.29, 0.717) is 11.6 Å². The molecule has 0 radical (unpaired) electrons. The SMILES string of the molecule is CC1(C)[C@@H]2c3nc(OS(=O)(=O)C(F)(F)F)ccc3CC[C@@H]21. The zero-order valence-electron chi connectivity index (χ0n) is 11.4. The molecule has 21 heavy (non-hydrogen) atoms. The molecule has 0 unspecified atom stereocenters. The van der Waals surface area contributed by atoms with Gasteiger partial charge in [0.15, 0.2) is 0 Å². The minimum atomic E-state index is -5.67. The van der Waals surface area contributed by atoms with Gasteiger partial charge in [0.25, 0.3) is 0 Å². The largest absolute Gasteiger partial charge is 0.534 e. The summed E-state index contributed by atoms with van der Waals surface area (Å²) in [6.45, 7) is 4.16. The van der Waals surface area contributed by atoms with Crippen molar-refractivity contribution in [2.75, 3.05) is 0 Å². The molecule has 3 rings (SSSR count). The zero-order valence-corrected chi connectivity index (χ0v) is 12.3. The van der Waals surface area contributed by atoms with Crippen molar-refractivity contribution in [3.63, 3.8) is 0 Å². The summed E-state index contributed by atoms with van der Waals surface area (Å²) in [7, 11) is -5.67. The number of pyridine rings is 1. The molecule has 8 heteroatoms. The average molecular weight is 321 g/mol. The Balaban J connectivity index is 1.93. The Hall–Kier alpha value is -1.31. The van der Waals surface area contributed by atoms with E-state index in [2.05, 4.69) is 23.0 Å². The van der Waals surface area contributed by atoms with Crippen molar-refractivity contribution in [1.82, 2.24) is 4.98 Å². The van der Waals surface area contributed by atoms with Crippen LogP contribution in [0.25, 0.3) is 0 Å². The maximum Gasteiger partial charge on any atom is 0.534 e. The van der Waals surface area contributed by atoms with E-state index in [9.17, 15) is 21.6 Å². The van der Waals surface area contributed by atoms with Gasteiger partial charge in [-0.2, -0.15) is 21.6 Å². The molecule has 0 bridgehead atoms. The van der Waals surface area contributed by atoms with Crippen LogP contribution < -0.4 is 4.18 Å². The van der Waals surface area contributed by atoms with Crippen molar-refractivity contribution < 1.29 is 25.8 Å². The van der Waals surface area contributed by atoms with Gasteiger partial charge in [0.1, 0.15) is 0 Å². The zero-order chi connectivity index (χ0) is 15.6. The second-order valence-corrected chi connectivity index (χ2v) is 7.66. The van der Waals surface area contributed by atoms with Gasteiger partial charge in [0, 0.05) is 12.0 Å². The van der Waals surface area contributed by atoms with Gasteiger partial charge in [0.05, 0.1) is 5.69 Å². The number of aryl methyl sites for hydroxylation is 1. The topological polar surface area (TPSA) is 56.3 Å². The number of rotatable bonds is 2. The summed E-state index contributed by atoms with van der Waals surface area (Å²) in [4.78, 5) is 4.03. The fourth-order valence-corrected chi connectivity index (χ4v) is 3.72. The molecular formula is C13H14F3NO3S. The van der Waals surface area contributed by atoms with Crippen LogP contribution in [-0.4, -0.2) is 18.9 Å². The van der Waals surface area contributed by atoms with E-state index in [0.717, 1.165) is 18.4 Å². The van der Waals surface area contributed by atoms with E-state index in [1.165, 1.54) is 6.07 Å². The summed E-state index contributed by atoms with van der Waals surface area (Å²) in [5, 5.41) is 0. The third-order valence-electron chi connectivity index (χ3n) is 4.54. The summed E-state index contributed by atoms with van der Waals surface area (Å²) < 4.78 is 63.1. The lowest BCUT2D eigenvalue weighted by Gasteiger charge is -2.15. The Bertz CT molecular complexity index is 697. The molecule has 1 saturated carbocycles. The minimum absolute atomic E-state index is 0.0553. The fourth-order valence-electron chi connectivity index (χ4n) is 3.31. The molecule has 1 heterocycles. The van der Waals surface area contributed by atoms with Gasteiger partial charge in [-0.3, -0.25) is 0 Å². The van der Waals surface area contributed by atoms with Gasteiger partial charge >= 0.3 is 15.6 Å². The molecule has 0 spiro atoms. The second-order valence-electron chi connectivity index (χ2n) is 6.12. The molecule has 1 aromatic heterocycles. The van der Waals surface area contributed by atoms with Gasteiger partial charge in [-0.05, 0) is 29.7 Å². The van der Waals surface area contributed by atoms with Crippen LogP contribution in [0.1, 0.15) is 37.4 Å². The van der Waals surface area contributed by atoms with Crippen molar-refractivity contribution in [3.8, 4) is 5.88 Å². The first-order valence-corrected chi connectivity index (χ1v) is 7.95. The molecule has 4 nitrogen and oxygen atoms in total. The molecule has 0 aromatic carbocycles. The van der Waals surface area contributed by atoms with Crippen molar-refractivity contribution in [1.29, 1.82) is 0 Å². The van der Waals surface area contributed by atoms with Crippen LogP contribution >= 0.6 is 0 Å². The van der Waals surface area contributed by atoms with E-state index in [4.69, 9.17) is 0 Å². The van der Waals surface area contributed by atoms with Crippen LogP contribution in [-0.2, 0) is 16.5 Å². The molecule has 1 aromatic rings. The van der Waals surface area contributed by atoms with Crippen LogP contribution in [0.4, 0.5) is 13.2 Å². The first kappa shape index (κ1) is 14.6. The maximum absolute atomic E-state index is 12.3. The number of halogens is 3. The minimum Gasteiger partial charge on any atom is -0.355 e. The Labute approximate surface area is 120 Å². The molecule has 2 aliphatic carbocycles. The van der Waals surface area contributed by atoms with Crippen LogP contribution in [0.15, 0.2) is 12.1 Å².